The Bertz CT molecular complexity index is 538. The Morgan fingerprint density at radius 2 is 2.14 bits per heavy atom. The molecule has 0 unspecified atom stereocenters. The maximum Gasteiger partial charge on any atom is 0.328 e. The van der Waals surface area contributed by atoms with E-state index in [0.717, 1.165) is 11.8 Å². The van der Waals surface area contributed by atoms with Crippen molar-refractivity contribution in [2.45, 2.75) is 33.2 Å². The van der Waals surface area contributed by atoms with Crippen LogP contribution in [0.1, 0.15) is 31.7 Å². The molecule has 0 aliphatic rings. The van der Waals surface area contributed by atoms with Crippen LogP contribution in [-0.4, -0.2) is 34.6 Å². The first kappa shape index (κ1) is 16.7. The van der Waals surface area contributed by atoms with Crippen molar-refractivity contribution in [2.75, 3.05) is 6.61 Å². The predicted molar refractivity (Wildman–Crippen MR) is 79.0 cm³/mol. The molecule has 0 bridgehead atoms. The van der Waals surface area contributed by atoms with Crippen molar-refractivity contribution in [2.24, 2.45) is 0 Å². The van der Waals surface area contributed by atoms with Crippen molar-refractivity contribution in [1.29, 1.82) is 0 Å². The molecule has 0 aliphatic heterocycles. The molecule has 0 aliphatic carbocycles. The number of carbonyl (C=O) groups excluding carboxylic acids is 1. The van der Waals surface area contributed by atoms with E-state index in [2.05, 4.69) is 10.3 Å². The number of carbonyl (C=O) groups is 2. The number of aliphatic carboxylic acids is 1. The number of carboxylic acid groups (broad SMARTS) is 1. The average molecular weight is 292 g/mol. The van der Waals surface area contributed by atoms with Gasteiger partial charge in [-0.05, 0) is 39.0 Å². The Hall–Kier alpha value is -2.37. The summed E-state index contributed by atoms with van der Waals surface area (Å²) in [6.45, 7) is 5.78. The van der Waals surface area contributed by atoms with E-state index in [9.17, 15) is 9.59 Å². The van der Waals surface area contributed by atoms with E-state index in [-0.39, 0.29) is 25.0 Å². The lowest BCUT2D eigenvalue weighted by Crippen LogP contribution is -2.31. The molecule has 1 aromatic rings. The highest BCUT2D eigenvalue weighted by molar-refractivity contribution is 5.85. The van der Waals surface area contributed by atoms with Gasteiger partial charge in [-0.3, -0.25) is 4.79 Å². The summed E-state index contributed by atoms with van der Waals surface area (Å²) in [7, 11) is 0. The number of nitrogens with one attached hydrogen (secondary N) is 1. The third-order valence-corrected chi connectivity index (χ3v) is 2.45. The number of hydrogen-bond donors (Lipinski definition) is 2. The quantitative estimate of drug-likeness (QED) is 0.748. The van der Waals surface area contributed by atoms with Gasteiger partial charge in [-0.15, -0.1) is 0 Å². The molecule has 1 amide bonds. The van der Waals surface area contributed by atoms with Crippen LogP contribution in [-0.2, 0) is 9.59 Å². The van der Waals surface area contributed by atoms with Crippen LogP contribution < -0.4 is 10.1 Å². The van der Waals surface area contributed by atoms with E-state index in [1.165, 1.54) is 6.08 Å². The van der Waals surface area contributed by atoms with Gasteiger partial charge >= 0.3 is 5.97 Å². The molecule has 0 saturated heterocycles. The van der Waals surface area contributed by atoms with E-state index >= 15 is 0 Å². The normalized spacial score (nSPS) is 10.9. The number of rotatable bonds is 7. The summed E-state index contributed by atoms with van der Waals surface area (Å²) < 4.78 is 5.51. The lowest BCUT2D eigenvalue weighted by Gasteiger charge is -2.11. The Balaban J connectivity index is 2.66. The first-order chi connectivity index (χ1) is 9.88. The van der Waals surface area contributed by atoms with Crippen LogP contribution in [0.2, 0.25) is 0 Å². The molecular formula is C15H20N2O4. The van der Waals surface area contributed by atoms with Gasteiger partial charge < -0.3 is 15.2 Å². The molecule has 0 radical (unpaired) electrons. The molecule has 6 heteroatoms. The second kappa shape index (κ2) is 8.04. The Morgan fingerprint density at radius 3 is 2.76 bits per heavy atom. The predicted octanol–water partition coefficient (Wildman–Crippen LogP) is 1.78. The average Bonchev–Trinajstić information content (AvgIpc) is 2.37. The van der Waals surface area contributed by atoms with Gasteiger partial charge in [0.2, 0.25) is 5.91 Å². The summed E-state index contributed by atoms with van der Waals surface area (Å²) >= 11 is 0. The number of ether oxygens (including phenoxy) is 1. The van der Waals surface area contributed by atoms with Crippen molar-refractivity contribution in [1.82, 2.24) is 10.3 Å². The fraction of sp³-hybridized carbons (Fsp3) is 0.400. The van der Waals surface area contributed by atoms with Gasteiger partial charge in [0.05, 0.1) is 13.0 Å². The van der Waals surface area contributed by atoms with Gasteiger partial charge in [-0.1, -0.05) is 0 Å². The summed E-state index contributed by atoms with van der Waals surface area (Å²) in [5.74, 6) is -0.691. The first-order valence-electron chi connectivity index (χ1n) is 6.69. The zero-order chi connectivity index (χ0) is 15.8. The Kier molecular flexibility index (Phi) is 6.39. The molecular weight excluding hydrogens is 272 g/mol. The van der Waals surface area contributed by atoms with Crippen LogP contribution in [0, 0.1) is 6.92 Å². The molecule has 1 heterocycles. The van der Waals surface area contributed by atoms with Crippen molar-refractivity contribution >= 4 is 18.0 Å². The van der Waals surface area contributed by atoms with Gasteiger partial charge in [0.25, 0.3) is 0 Å². The second-order valence-corrected chi connectivity index (χ2v) is 4.83. The van der Waals surface area contributed by atoms with E-state index in [1.54, 1.807) is 19.1 Å². The number of aryl methyl sites for hydroxylation is 1. The van der Waals surface area contributed by atoms with Crippen molar-refractivity contribution in [3.05, 3.63) is 29.6 Å². The third-order valence-electron chi connectivity index (χ3n) is 2.45. The Labute approximate surface area is 123 Å². The van der Waals surface area contributed by atoms with Crippen molar-refractivity contribution in [3.63, 3.8) is 0 Å². The molecule has 21 heavy (non-hydrogen) atoms. The summed E-state index contributed by atoms with van der Waals surface area (Å²) in [6, 6.07) is 3.57. The first-order valence-corrected chi connectivity index (χ1v) is 6.69. The standard InChI is InChI=1S/C15H20N2O4/c1-10(2)16-14(18)8-9-21-13-6-4-11(3)17-12(13)5-7-15(19)20/h4-7,10H,8-9H2,1-3H3,(H,16,18)(H,19,20). The van der Waals surface area contributed by atoms with Gasteiger partial charge in [-0.2, -0.15) is 0 Å². The highest BCUT2D eigenvalue weighted by Crippen LogP contribution is 2.18. The van der Waals surface area contributed by atoms with Crippen LogP contribution in [0.25, 0.3) is 6.08 Å². The molecule has 1 aromatic heterocycles. The van der Waals surface area contributed by atoms with Gasteiger partial charge in [0.1, 0.15) is 11.4 Å². The molecule has 6 nitrogen and oxygen atoms in total. The van der Waals surface area contributed by atoms with Crippen molar-refractivity contribution in [3.8, 4) is 5.75 Å². The monoisotopic (exact) mass is 292 g/mol. The van der Waals surface area contributed by atoms with Crippen molar-refractivity contribution < 1.29 is 19.4 Å². The summed E-state index contributed by atoms with van der Waals surface area (Å²) in [5, 5.41) is 11.4. The number of nitrogens with zero attached hydrogens (tertiary/aromatic N) is 1. The molecule has 0 aromatic carbocycles. The van der Waals surface area contributed by atoms with E-state index in [1.807, 2.05) is 13.8 Å². The van der Waals surface area contributed by atoms with Crippen LogP contribution in [0.15, 0.2) is 18.2 Å². The third kappa shape index (κ3) is 6.56. The highest BCUT2D eigenvalue weighted by Gasteiger charge is 2.07. The molecule has 0 fully saturated rings. The van der Waals surface area contributed by atoms with Gasteiger partial charge in [0, 0.05) is 17.8 Å². The zero-order valence-corrected chi connectivity index (χ0v) is 12.4. The van der Waals surface area contributed by atoms with Crippen LogP contribution in [0.5, 0.6) is 5.75 Å². The number of hydrogen-bond acceptors (Lipinski definition) is 4. The van der Waals surface area contributed by atoms with Crippen LogP contribution in [0.4, 0.5) is 0 Å². The smallest absolute Gasteiger partial charge is 0.328 e. The molecule has 2 N–H and O–H groups in total. The molecule has 0 saturated carbocycles. The summed E-state index contributed by atoms with van der Waals surface area (Å²) in [6.07, 6.45) is 2.60. The molecule has 1 rings (SSSR count). The minimum Gasteiger partial charge on any atom is -0.491 e. The maximum absolute atomic E-state index is 11.5. The molecule has 114 valence electrons. The number of pyridine rings is 1. The topological polar surface area (TPSA) is 88.5 Å². The van der Waals surface area contributed by atoms with Crippen LogP contribution >= 0.6 is 0 Å². The van der Waals surface area contributed by atoms with Gasteiger partial charge in [0.15, 0.2) is 0 Å². The highest BCUT2D eigenvalue weighted by atomic mass is 16.5. The summed E-state index contributed by atoms with van der Waals surface area (Å²) in [5.41, 5.74) is 1.19. The molecule has 0 spiro atoms. The number of carboxylic acids is 1. The number of aromatic nitrogens is 1. The van der Waals surface area contributed by atoms with Gasteiger partial charge in [-0.25, -0.2) is 9.78 Å². The summed E-state index contributed by atoms with van der Waals surface area (Å²) in [4.78, 5) is 26.3. The van der Waals surface area contributed by atoms with E-state index < -0.39 is 5.97 Å². The fourth-order valence-electron chi connectivity index (χ4n) is 1.60. The fourth-order valence-corrected chi connectivity index (χ4v) is 1.60. The van der Waals surface area contributed by atoms with Crippen LogP contribution in [0.3, 0.4) is 0 Å². The minimum atomic E-state index is -1.06. The largest absolute Gasteiger partial charge is 0.491 e. The second-order valence-electron chi connectivity index (χ2n) is 4.83. The van der Waals surface area contributed by atoms with E-state index in [4.69, 9.17) is 9.84 Å². The molecule has 0 atom stereocenters. The number of amides is 1. The maximum atomic E-state index is 11.5. The minimum absolute atomic E-state index is 0.0901. The zero-order valence-electron chi connectivity index (χ0n) is 12.4. The van der Waals surface area contributed by atoms with E-state index in [0.29, 0.717) is 11.4 Å². The lowest BCUT2D eigenvalue weighted by molar-refractivity contribution is -0.131. The lowest BCUT2D eigenvalue weighted by atomic mass is 10.2. The Morgan fingerprint density at radius 1 is 1.43 bits per heavy atom. The SMILES string of the molecule is Cc1ccc(OCCC(=O)NC(C)C)c(C=CC(=O)O)n1.